The van der Waals surface area contributed by atoms with E-state index in [1.54, 1.807) is 0 Å². The van der Waals surface area contributed by atoms with Gasteiger partial charge in [-0.25, -0.2) is 0 Å². The first kappa shape index (κ1) is 13.9. The third-order valence-corrected chi connectivity index (χ3v) is 0.934. The lowest BCUT2D eigenvalue weighted by Gasteiger charge is -2.06. The molecule has 12 heavy (non-hydrogen) atoms. The van der Waals surface area contributed by atoms with E-state index in [-0.39, 0.29) is 6.61 Å². The maximum Gasteiger partial charge on any atom is 0.323 e. The number of aliphatic hydroxyl groups excluding tert-OH is 2. The molecule has 7 N–H and O–H groups in total. The number of carbonyl (C=O) groups is 1. The molecule has 0 rings (SSSR count). The van der Waals surface area contributed by atoms with E-state index in [0.717, 1.165) is 0 Å². The van der Waals surface area contributed by atoms with Crippen LogP contribution in [0.25, 0.3) is 0 Å². The van der Waals surface area contributed by atoms with E-state index in [0.29, 0.717) is 6.54 Å². The van der Waals surface area contributed by atoms with Gasteiger partial charge < -0.3 is 26.8 Å². The van der Waals surface area contributed by atoms with E-state index in [4.69, 9.17) is 26.8 Å². The fraction of sp³-hybridized carbons (Fsp3) is 0.833. The minimum Gasteiger partial charge on any atom is -0.480 e. The van der Waals surface area contributed by atoms with Crippen molar-refractivity contribution in [3.05, 3.63) is 0 Å². The standard InChI is InChI=1S/C4H9NO3.C2H7NO/c1-2(6)3(5)4(7)8;3-1-2-4/h2-3,6H,5H2,1H3,(H,7,8);4H,1-3H2/t2-,3+;/m1./s1. The Morgan fingerprint density at radius 1 is 1.58 bits per heavy atom. The third-order valence-electron chi connectivity index (χ3n) is 0.934. The number of carboxylic acid groups (broad SMARTS) is 1. The minimum atomic E-state index is -1.18. The zero-order valence-electron chi connectivity index (χ0n) is 6.97. The van der Waals surface area contributed by atoms with Gasteiger partial charge in [0.1, 0.15) is 6.04 Å². The lowest BCUT2D eigenvalue weighted by atomic mass is 10.2. The molecule has 0 aromatic heterocycles. The number of hydrogen-bond donors (Lipinski definition) is 5. The summed E-state index contributed by atoms with van der Waals surface area (Å²) in [7, 11) is 0. The van der Waals surface area contributed by atoms with Crippen LogP contribution < -0.4 is 11.5 Å². The smallest absolute Gasteiger partial charge is 0.323 e. The Hall–Kier alpha value is -0.690. The Labute approximate surface area is 70.8 Å². The van der Waals surface area contributed by atoms with Crippen molar-refractivity contribution < 1.29 is 20.1 Å². The summed E-state index contributed by atoms with van der Waals surface area (Å²) in [6, 6.07) is -1.16. The molecule has 0 aromatic carbocycles. The van der Waals surface area contributed by atoms with E-state index >= 15 is 0 Å². The zero-order valence-corrected chi connectivity index (χ0v) is 6.97. The largest absolute Gasteiger partial charge is 0.480 e. The van der Waals surface area contributed by atoms with Gasteiger partial charge in [-0.2, -0.15) is 0 Å². The van der Waals surface area contributed by atoms with Gasteiger partial charge in [0.25, 0.3) is 0 Å². The second-order valence-electron chi connectivity index (χ2n) is 2.12. The molecule has 0 aliphatic carbocycles. The molecule has 0 saturated carbocycles. The predicted octanol–water partition coefficient (Wildman–Crippen LogP) is -2.28. The van der Waals surface area contributed by atoms with E-state index < -0.39 is 18.1 Å². The van der Waals surface area contributed by atoms with Crippen LogP contribution in [0.3, 0.4) is 0 Å². The van der Waals surface area contributed by atoms with Crippen LogP contribution in [0, 0.1) is 0 Å². The van der Waals surface area contributed by atoms with E-state index in [2.05, 4.69) is 0 Å². The third kappa shape index (κ3) is 9.31. The van der Waals surface area contributed by atoms with Gasteiger partial charge in [0, 0.05) is 6.54 Å². The molecular formula is C6H16N2O4. The van der Waals surface area contributed by atoms with Crippen molar-refractivity contribution >= 4 is 5.97 Å². The molecule has 0 spiro atoms. The first-order valence-electron chi connectivity index (χ1n) is 3.44. The summed E-state index contributed by atoms with van der Waals surface area (Å²) in [5, 5.41) is 24.3. The number of aliphatic hydroxyl groups is 2. The van der Waals surface area contributed by atoms with Crippen LogP contribution in [-0.4, -0.2) is 46.6 Å². The number of rotatable bonds is 3. The van der Waals surface area contributed by atoms with Gasteiger partial charge in [0.05, 0.1) is 12.7 Å². The number of hydrogen-bond acceptors (Lipinski definition) is 5. The summed E-state index contributed by atoms with van der Waals surface area (Å²) >= 11 is 0. The maximum absolute atomic E-state index is 9.86. The van der Waals surface area contributed by atoms with Gasteiger partial charge >= 0.3 is 5.97 Å². The Bertz CT molecular complexity index is 116. The molecule has 0 amide bonds. The van der Waals surface area contributed by atoms with Crippen LogP contribution >= 0.6 is 0 Å². The van der Waals surface area contributed by atoms with Crippen molar-refractivity contribution in [2.45, 2.75) is 19.1 Å². The van der Waals surface area contributed by atoms with Crippen LogP contribution in [0.2, 0.25) is 0 Å². The molecule has 0 heterocycles. The monoisotopic (exact) mass is 180 g/mol. The quantitative estimate of drug-likeness (QED) is 0.332. The van der Waals surface area contributed by atoms with Crippen LogP contribution in [0.1, 0.15) is 6.92 Å². The molecular weight excluding hydrogens is 164 g/mol. The van der Waals surface area contributed by atoms with Crippen molar-refractivity contribution in [1.29, 1.82) is 0 Å². The average molecular weight is 180 g/mol. The topological polar surface area (TPSA) is 130 Å². The summed E-state index contributed by atoms with van der Waals surface area (Å²) in [6.07, 6.45) is -0.979. The predicted molar refractivity (Wildman–Crippen MR) is 43.4 cm³/mol. The molecule has 74 valence electrons. The van der Waals surface area contributed by atoms with E-state index in [1.165, 1.54) is 6.92 Å². The van der Waals surface area contributed by atoms with Crippen LogP contribution in [0.4, 0.5) is 0 Å². The van der Waals surface area contributed by atoms with Gasteiger partial charge in [0.15, 0.2) is 0 Å². The van der Waals surface area contributed by atoms with Gasteiger partial charge in [0.2, 0.25) is 0 Å². The molecule has 0 bridgehead atoms. The van der Waals surface area contributed by atoms with Crippen LogP contribution in [-0.2, 0) is 4.79 Å². The molecule has 2 atom stereocenters. The van der Waals surface area contributed by atoms with Crippen molar-refractivity contribution in [1.82, 2.24) is 0 Å². The molecule has 0 unspecified atom stereocenters. The van der Waals surface area contributed by atoms with Crippen LogP contribution in [0.5, 0.6) is 0 Å². The first-order valence-corrected chi connectivity index (χ1v) is 3.44. The number of aliphatic carboxylic acids is 1. The highest BCUT2D eigenvalue weighted by molar-refractivity contribution is 5.73. The molecule has 0 radical (unpaired) electrons. The minimum absolute atomic E-state index is 0.0972. The maximum atomic E-state index is 9.86. The summed E-state index contributed by atoms with van der Waals surface area (Å²) < 4.78 is 0. The first-order chi connectivity index (χ1) is 5.47. The van der Waals surface area contributed by atoms with Crippen molar-refractivity contribution in [3.8, 4) is 0 Å². The molecule has 0 aliphatic heterocycles. The fourth-order valence-electron chi connectivity index (χ4n) is 0.206. The van der Waals surface area contributed by atoms with Gasteiger partial charge in [-0.3, -0.25) is 4.79 Å². The van der Waals surface area contributed by atoms with Crippen LogP contribution in [0.15, 0.2) is 0 Å². The van der Waals surface area contributed by atoms with Crippen molar-refractivity contribution in [3.63, 3.8) is 0 Å². The Kier molecular flexibility index (Phi) is 9.72. The normalized spacial score (nSPS) is 14.1. The van der Waals surface area contributed by atoms with Gasteiger partial charge in [-0.1, -0.05) is 0 Å². The molecule has 6 nitrogen and oxygen atoms in total. The summed E-state index contributed by atoms with van der Waals surface area (Å²) in [4.78, 5) is 9.86. The highest BCUT2D eigenvalue weighted by Crippen LogP contribution is 1.85. The zero-order chi connectivity index (χ0) is 10.1. The van der Waals surface area contributed by atoms with Gasteiger partial charge in [-0.15, -0.1) is 0 Å². The molecule has 6 heteroatoms. The number of carboxylic acids is 1. The Morgan fingerprint density at radius 2 is 1.92 bits per heavy atom. The lowest BCUT2D eigenvalue weighted by Crippen LogP contribution is -2.39. The van der Waals surface area contributed by atoms with Crippen molar-refractivity contribution in [2.75, 3.05) is 13.2 Å². The highest BCUT2D eigenvalue weighted by atomic mass is 16.4. The van der Waals surface area contributed by atoms with Crippen molar-refractivity contribution in [2.24, 2.45) is 11.5 Å². The highest BCUT2D eigenvalue weighted by Gasteiger charge is 2.16. The van der Waals surface area contributed by atoms with E-state index in [9.17, 15) is 4.79 Å². The lowest BCUT2D eigenvalue weighted by molar-refractivity contribution is -0.140. The SMILES string of the molecule is C[C@@H](O)[C@H](N)C(=O)O.NCCO. The summed E-state index contributed by atoms with van der Waals surface area (Å²) in [6.45, 7) is 1.80. The summed E-state index contributed by atoms with van der Waals surface area (Å²) in [5.41, 5.74) is 9.69. The Morgan fingerprint density at radius 3 is 1.92 bits per heavy atom. The summed E-state index contributed by atoms with van der Waals surface area (Å²) in [5.74, 6) is -1.18. The molecule has 0 aliphatic rings. The molecule has 0 saturated heterocycles. The second-order valence-corrected chi connectivity index (χ2v) is 2.12. The molecule has 0 aromatic rings. The van der Waals surface area contributed by atoms with Gasteiger partial charge in [-0.05, 0) is 6.92 Å². The second kappa shape index (κ2) is 8.41. The average Bonchev–Trinajstić information content (AvgIpc) is 2.03. The number of nitrogens with two attached hydrogens (primary N) is 2. The fourth-order valence-corrected chi connectivity index (χ4v) is 0.206. The van der Waals surface area contributed by atoms with E-state index in [1.807, 2.05) is 0 Å². The molecule has 0 fully saturated rings. The Balaban J connectivity index is 0.